The van der Waals surface area contributed by atoms with Crippen molar-refractivity contribution in [3.63, 3.8) is 0 Å². The summed E-state index contributed by atoms with van der Waals surface area (Å²) in [5.74, 6) is -2.01. The minimum Gasteiger partial charge on any atom is -0.414 e. The van der Waals surface area contributed by atoms with Crippen LogP contribution in [-0.4, -0.2) is 62.4 Å². The Bertz CT molecular complexity index is 645. The molecular weight excluding hydrogens is 508 g/mol. The minimum absolute atomic E-state index is 0.117. The fourth-order valence-corrected chi connectivity index (χ4v) is 5.36. The number of amides is 1. The topological polar surface area (TPSA) is 56.8 Å². The molecule has 0 fully saturated rings. The summed E-state index contributed by atoms with van der Waals surface area (Å²) in [7, 11) is -7.07. The molecule has 0 atom stereocenters. The molecule has 0 aliphatic carbocycles. The highest BCUT2D eigenvalue weighted by Crippen LogP contribution is 2.40. The monoisotopic (exact) mass is 559 g/mol. The summed E-state index contributed by atoms with van der Waals surface area (Å²) < 4.78 is 59.6. The van der Waals surface area contributed by atoms with Gasteiger partial charge in [-0.05, 0) is 54.4 Å². The van der Waals surface area contributed by atoms with Gasteiger partial charge in [-0.3, -0.25) is 4.79 Å². The van der Waals surface area contributed by atoms with Crippen molar-refractivity contribution in [3.8, 4) is 0 Å². The SMILES string of the molecule is CC(C)(C)[Si](C)(C)OCC(CO[Si](C)(C)C(C)(C)C)(CO[Si](C)(C)C(C)(C)C)NC(=O)C(F)(F)F. The van der Waals surface area contributed by atoms with Crippen LogP contribution in [0.3, 0.4) is 0 Å². The molecule has 5 nitrogen and oxygen atoms in total. The Labute approximate surface area is 215 Å². The lowest BCUT2D eigenvalue weighted by molar-refractivity contribution is -0.177. The van der Waals surface area contributed by atoms with Gasteiger partial charge in [0.2, 0.25) is 0 Å². The Morgan fingerprint density at radius 2 is 0.829 bits per heavy atom. The van der Waals surface area contributed by atoms with Crippen molar-refractivity contribution in [3.05, 3.63) is 0 Å². The average Bonchev–Trinajstić information content (AvgIpc) is 2.59. The first-order chi connectivity index (χ1) is 15.0. The van der Waals surface area contributed by atoms with Crippen molar-refractivity contribution in [1.82, 2.24) is 5.32 Å². The summed E-state index contributed by atoms with van der Waals surface area (Å²) >= 11 is 0. The highest BCUT2D eigenvalue weighted by Gasteiger charge is 2.49. The Morgan fingerprint density at radius 1 is 0.600 bits per heavy atom. The fraction of sp³-hybridized carbons (Fsp3) is 0.958. The third-order valence-electron chi connectivity index (χ3n) is 8.18. The second-order valence-electron chi connectivity index (χ2n) is 14.4. The Balaban J connectivity index is 6.48. The van der Waals surface area contributed by atoms with Gasteiger partial charge in [0.1, 0.15) is 5.54 Å². The molecule has 0 saturated carbocycles. The van der Waals surface area contributed by atoms with Crippen LogP contribution in [0.5, 0.6) is 0 Å². The maximum absolute atomic E-state index is 13.5. The zero-order chi connectivity index (χ0) is 28.5. The first-order valence-electron chi connectivity index (χ1n) is 12.3. The number of hydrogen-bond donors (Lipinski definition) is 1. The van der Waals surface area contributed by atoms with Crippen LogP contribution >= 0.6 is 0 Å². The molecule has 0 aromatic carbocycles. The van der Waals surface area contributed by atoms with Gasteiger partial charge < -0.3 is 18.6 Å². The molecular formula is C24H52F3NO4Si3. The van der Waals surface area contributed by atoms with E-state index in [2.05, 4.69) is 67.6 Å². The van der Waals surface area contributed by atoms with Crippen LogP contribution in [0.2, 0.25) is 54.4 Å². The number of halogens is 3. The van der Waals surface area contributed by atoms with E-state index >= 15 is 0 Å². The fourth-order valence-electron chi connectivity index (χ4n) is 2.15. The molecule has 0 aromatic heterocycles. The maximum Gasteiger partial charge on any atom is 0.471 e. The van der Waals surface area contributed by atoms with E-state index in [4.69, 9.17) is 13.3 Å². The number of hydrogen-bond acceptors (Lipinski definition) is 4. The zero-order valence-electron chi connectivity index (χ0n) is 24.9. The van der Waals surface area contributed by atoms with E-state index in [1.54, 1.807) is 0 Å². The van der Waals surface area contributed by atoms with E-state index in [-0.39, 0.29) is 34.9 Å². The van der Waals surface area contributed by atoms with E-state index < -0.39 is 42.6 Å². The predicted molar refractivity (Wildman–Crippen MR) is 146 cm³/mol. The van der Waals surface area contributed by atoms with Gasteiger partial charge in [0.05, 0.1) is 19.8 Å². The predicted octanol–water partition coefficient (Wildman–Crippen LogP) is 7.47. The van der Waals surface area contributed by atoms with Crippen LogP contribution in [-0.2, 0) is 18.1 Å². The Kier molecular flexibility index (Phi) is 10.8. The smallest absolute Gasteiger partial charge is 0.414 e. The Morgan fingerprint density at radius 3 is 1.00 bits per heavy atom. The first-order valence-corrected chi connectivity index (χ1v) is 21.0. The van der Waals surface area contributed by atoms with Crippen molar-refractivity contribution in [2.45, 2.75) is 128 Å². The lowest BCUT2D eigenvalue weighted by atomic mass is 10.0. The summed E-state index contributed by atoms with van der Waals surface area (Å²) in [6, 6.07) is 0. The summed E-state index contributed by atoms with van der Waals surface area (Å²) in [4.78, 5) is 12.3. The molecule has 0 heterocycles. The second kappa shape index (κ2) is 10.9. The lowest BCUT2D eigenvalue weighted by Crippen LogP contribution is -2.65. The summed E-state index contributed by atoms with van der Waals surface area (Å²) in [5.41, 5.74) is -1.48. The Hall–Kier alpha value is -0.209. The standard InChI is InChI=1S/C24H52F3NO4Si3/c1-20(2,3)33(10,11)30-16-23(28-19(29)24(25,26)27,17-31-34(12,13)21(4,5)6)18-32-35(14,15)22(7,8)9/h16-18H2,1-15H3,(H,28,29). The third kappa shape index (κ3) is 9.88. The minimum atomic E-state index is -5.03. The molecule has 0 saturated heterocycles. The molecule has 35 heavy (non-hydrogen) atoms. The molecule has 0 aliphatic rings. The van der Waals surface area contributed by atoms with Gasteiger partial charge in [0, 0.05) is 0 Å². The average molecular weight is 560 g/mol. The van der Waals surface area contributed by atoms with Gasteiger partial charge in [-0.2, -0.15) is 13.2 Å². The normalized spacial score (nSPS) is 15.4. The van der Waals surface area contributed by atoms with Crippen LogP contribution in [0.15, 0.2) is 0 Å². The molecule has 0 aromatic rings. The molecule has 0 unspecified atom stereocenters. The largest absolute Gasteiger partial charge is 0.471 e. The van der Waals surface area contributed by atoms with Gasteiger partial charge in [0.15, 0.2) is 25.0 Å². The first kappa shape index (κ1) is 34.8. The molecule has 210 valence electrons. The van der Waals surface area contributed by atoms with Crippen LogP contribution in [0, 0.1) is 0 Å². The highest BCUT2D eigenvalue weighted by atomic mass is 28.4. The number of carbonyl (C=O) groups is 1. The molecule has 11 heteroatoms. The molecule has 0 bridgehead atoms. The number of rotatable bonds is 10. The molecule has 1 N–H and O–H groups in total. The van der Waals surface area contributed by atoms with Gasteiger partial charge in [-0.25, -0.2) is 0 Å². The van der Waals surface area contributed by atoms with E-state index in [1.165, 1.54) is 0 Å². The van der Waals surface area contributed by atoms with Crippen molar-refractivity contribution in [2.75, 3.05) is 19.8 Å². The zero-order valence-corrected chi connectivity index (χ0v) is 27.9. The van der Waals surface area contributed by atoms with Crippen LogP contribution < -0.4 is 5.32 Å². The van der Waals surface area contributed by atoms with Crippen molar-refractivity contribution >= 4 is 30.9 Å². The van der Waals surface area contributed by atoms with Gasteiger partial charge in [-0.1, -0.05) is 62.3 Å². The molecule has 0 radical (unpaired) electrons. The summed E-state index contributed by atoms with van der Waals surface area (Å²) in [5, 5.41) is 1.79. The van der Waals surface area contributed by atoms with Crippen LogP contribution in [0.4, 0.5) is 13.2 Å². The quantitative estimate of drug-likeness (QED) is 0.282. The molecule has 0 rings (SSSR count). The molecule has 0 aliphatic heterocycles. The number of nitrogens with one attached hydrogen (secondary N) is 1. The third-order valence-corrected chi connectivity index (χ3v) is 21.6. The number of carbonyl (C=O) groups excluding carboxylic acids is 1. The number of alkyl halides is 3. The van der Waals surface area contributed by atoms with Crippen LogP contribution in [0.25, 0.3) is 0 Å². The molecule has 1 amide bonds. The van der Waals surface area contributed by atoms with E-state index in [9.17, 15) is 18.0 Å². The van der Waals surface area contributed by atoms with E-state index in [0.29, 0.717) is 0 Å². The van der Waals surface area contributed by atoms with E-state index in [1.807, 2.05) is 39.3 Å². The van der Waals surface area contributed by atoms with Crippen molar-refractivity contribution < 1.29 is 31.2 Å². The highest BCUT2D eigenvalue weighted by molar-refractivity contribution is 6.75. The maximum atomic E-state index is 13.5. The summed E-state index contributed by atoms with van der Waals surface area (Å²) in [6.45, 7) is 30.4. The van der Waals surface area contributed by atoms with Crippen LogP contribution in [0.1, 0.15) is 62.3 Å². The second-order valence-corrected chi connectivity index (χ2v) is 28.8. The lowest BCUT2D eigenvalue weighted by Gasteiger charge is -2.46. The van der Waals surface area contributed by atoms with Crippen molar-refractivity contribution in [2.24, 2.45) is 0 Å². The van der Waals surface area contributed by atoms with E-state index in [0.717, 1.165) is 0 Å². The van der Waals surface area contributed by atoms with Gasteiger partial charge >= 0.3 is 12.1 Å². The van der Waals surface area contributed by atoms with Gasteiger partial charge in [-0.15, -0.1) is 0 Å². The summed E-state index contributed by atoms with van der Waals surface area (Å²) in [6.07, 6.45) is -5.03. The van der Waals surface area contributed by atoms with Crippen molar-refractivity contribution in [1.29, 1.82) is 0 Å². The molecule has 0 spiro atoms. The van der Waals surface area contributed by atoms with Gasteiger partial charge in [0.25, 0.3) is 0 Å².